The number of ether oxygens (including phenoxy) is 1. The summed E-state index contributed by atoms with van der Waals surface area (Å²) in [5, 5.41) is 5.89. The van der Waals surface area contributed by atoms with Gasteiger partial charge in [-0.1, -0.05) is 24.3 Å². The maximum Gasteiger partial charge on any atom is 0.274 e. The van der Waals surface area contributed by atoms with Gasteiger partial charge in [0, 0.05) is 76.6 Å². The van der Waals surface area contributed by atoms with Crippen LogP contribution >= 0.6 is 0 Å². The summed E-state index contributed by atoms with van der Waals surface area (Å²) in [6.45, 7) is 0. The van der Waals surface area contributed by atoms with Crippen LogP contribution in [0.4, 0.5) is 15.8 Å². The Morgan fingerprint density at radius 3 is 1.53 bits per heavy atom. The second-order valence-corrected chi connectivity index (χ2v) is 16.2. The standard InChI is InChI=1S/C27H25N5O2.C23H18FN5O/c33-27(31-21-4-1-3-19(13-21)25-16-28-17-32(25)22-8-9-22)24-14-18(11-12-29-24)20-7-10-26(30-15-20)34-23-5-2-6-23;24-22-7-4-17(12-27-22)15-8-9-26-20(11-15)23(30)28-18-3-1-2-16(10-18)21-13-25-14-29(21)19-5-6-19/h1,3-4,7,10-17,22-23H,2,5-6,8-9H2,(H,31,33);1-4,7-14,19H,5-6H2,(H,28,30). The number of carbonyl (C=O) groups is 2. The second kappa shape index (κ2) is 17.8. The summed E-state index contributed by atoms with van der Waals surface area (Å²) < 4.78 is 23.3. The summed E-state index contributed by atoms with van der Waals surface area (Å²) in [5.74, 6) is -0.482. The molecule has 0 saturated heterocycles. The number of hydrogen-bond donors (Lipinski definition) is 2. The van der Waals surface area contributed by atoms with Crippen molar-refractivity contribution in [1.29, 1.82) is 0 Å². The molecule has 3 aliphatic carbocycles. The molecule has 0 bridgehead atoms. The molecule has 3 fully saturated rings. The SMILES string of the molecule is O=C(Nc1cccc(-c2cncn2C2CC2)c1)c1cc(-c2ccc(F)nc2)ccn1.O=C(Nc1cccc(-c2cncn2C2CC2)c1)c1cc(-c2ccc(OC3CCC3)nc2)ccn1. The van der Waals surface area contributed by atoms with E-state index >= 15 is 0 Å². The zero-order valence-electron chi connectivity index (χ0n) is 34.7. The minimum absolute atomic E-state index is 0.257. The monoisotopic (exact) mass is 850 g/mol. The third-order valence-electron chi connectivity index (χ3n) is 11.5. The van der Waals surface area contributed by atoms with E-state index in [9.17, 15) is 14.0 Å². The summed E-state index contributed by atoms with van der Waals surface area (Å²) in [7, 11) is 0. The molecule has 14 heteroatoms. The quantitative estimate of drug-likeness (QED) is 0.114. The molecule has 13 nitrogen and oxygen atoms in total. The van der Waals surface area contributed by atoms with Crippen LogP contribution in [0, 0.1) is 5.95 Å². The fraction of sp³-hybridized carbons (Fsp3) is 0.200. The third-order valence-corrected chi connectivity index (χ3v) is 11.5. The molecule has 2 aromatic carbocycles. The average molecular weight is 851 g/mol. The number of rotatable bonds is 12. The van der Waals surface area contributed by atoms with Gasteiger partial charge in [-0.05, 0) is 123 Å². The number of aromatic nitrogens is 8. The van der Waals surface area contributed by atoms with Crippen molar-refractivity contribution in [3.8, 4) is 50.6 Å². The molecular weight excluding hydrogens is 808 g/mol. The number of carbonyl (C=O) groups excluding carboxylic acids is 2. The predicted octanol–water partition coefficient (Wildman–Crippen LogP) is 10.3. The first kappa shape index (κ1) is 40.2. The Morgan fingerprint density at radius 1 is 0.547 bits per heavy atom. The van der Waals surface area contributed by atoms with Gasteiger partial charge in [0.25, 0.3) is 11.8 Å². The fourth-order valence-electron chi connectivity index (χ4n) is 7.54. The van der Waals surface area contributed by atoms with Crippen LogP contribution in [0.15, 0.2) is 147 Å². The lowest BCUT2D eigenvalue weighted by Crippen LogP contribution is -2.24. The summed E-state index contributed by atoms with van der Waals surface area (Å²) in [6.07, 6.45) is 22.3. The minimum Gasteiger partial charge on any atom is -0.474 e. The van der Waals surface area contributed by atoms with Crippen molar-refractivity contribution in [2.75, 3.05) is 10.6 Å². The first-order valence-corrected chi connectivity index (χ1v) is 21.4. The Balaban J connectivity index is 0.000000153. The van der Waals surface area contributed by atoms with Crippen LogP contribution in [-0.4, -0.2) is 57.0 Å². The average Bonchev–Trinajstić information content (AvgIpc) is 4.25. The van der Waals surface area contributed by atoms with E-state index in [4.69, 9.17) is 4.74 Å². The van der Waals surface area contributed by atoms with Gasteiger partial charge in [-0.3, -0.25) is 19.6 Å². The second-order valence-electron chi connectivity index (χ2n) is 16.2. The van der Waals surface area contributed by atoms with E-state index in [0.29, 0.717) is 41.0 Å². The van der Waals surface area contributed by atoms with Crippen molar-refractivity contribution in [2.45, 2.75) is 63.1 Å². The highest BCUT2D eigenvalue weighted by Crippen LogP contribution is 2.39. The van der Waals surface area contributed by atoms with Gasteiger partial charge in [0.1, 0.15) is 17.5 Å². The Bertz CT molecular complexity index is 2940. The van der Waals surface area contributed by atoms with Crippen molar-refractivity contribution in [3.63, 3.8) is 0 Å². The predicted molar refractivity (Wildman–Crippen MR) is 241 cm³/mol. The van der Waals surface area contributed by atoms with Crippen molar-refractivity contribution in [1.82, 2.24) is 39.0 Å². The van der Waals surface area contributed by atoms with Gasteiger partial charge in [-0.25, -0.2) is 19.9 Å². The molecular formula is C50H43FN10O3. The number of nitrogens with one attached hydrogen (secondary N) is 2. The van der Waals surface area contributed by atoms with Gasteiger partial charge in [0.15, 0.2) is 0 Å². The molecule has 0 unspecified atom stereocenters. The highest BCUT2D eigenvalue weighted by atomic mass is 19.1. The summed E-state index contributed by atoms with van der Waals surface area (Å²) in [4.78, 5) is 50.9. The Hall–Kier alpha value is -7.87. The Kier molecular flexibility index (Phi) is 11.2. The van der Waals surface area contributed by atoms with Gasteiger partial charge in [0.2, 0.25) is 11.8 Å². The van der Waals surface area contributed by atoms with E-state index in [1.165, 1.54) is 44.4 Å². The number of benzene rings is 2. The molecule has 8 aromatic rings. The fourth-order valence-corrected chi connectivity index (χ4v) is 7.54. The number of imidazole rings is 2. The van der Waals surface area contributed by atoms with E-state index in [1.54, 1.807) is 42.9 Å². The van der Waals surface area contributed by atoms with Crippen LogP contribution in [-0.2, 0) is 0 Å². The molecule has 0 radical (unpaired) electrons. The van der Waals surface area contributed by atoms with Crippen LogP contribution in [0.1, 0.15) is 78.0 Å². The van der Waals surface area contributed by atoms with Crippen molar-refractivity contribution >= 4 is 23.2 Å². The van der Waals surface area contributed by atoms with Crippen LogP contribution in [0.25, 0.3) is 44.8 Å². The van der Waals surface area contributed by atoms with E-state index in [0.717, 1.165) is 57.7 Å². The maximum atomic E-state index is 13.1. The highest BCUT2D eigenvalue weighted by molar-refractivity contribution is 6.04. The molecule has 0 spiro atoms. The molecule has 11 rings (SSSR count). The topological polar surface area (TPSA) is 155 Å². The molecule has 6 aromatic heterocycles. The van der Waals surface area contributed by atoms with Gasteiger partial charge < -0.3 is 24.5 Å². The molecule has 3 saturated carbocycles. The molecule has 2 amide bonds. The number of amides is 2. The zero-order valence-corrected chi connectivity index (χ0v) is 34.7. The normalized spacial score (nSPS) is 14.5. The van der Waals surface area contributed by atoms with E-state index in [1.807, 2.05) is 91.8 Å². The molecule has 3 aliphatic rings. The number of pyridine rings is 4. The van der Waals surface area contributed by atoms with Crippen LogP contribution < -0.4 is 15.4 Å². The molecule has 64 heavy (non-hydrogen) atoms. The third kappa shape index (κ3) is 9.31. The van der Waals surface area contributed by atoms with Gasteiger partial charge in [-0.2, -0.15) is 4.39 Å². The number of anilines is 2. The summed E-state index contributed by atoms with van der Waals surface area (Å²) >= 11 is 0. The summed E-state index contributed by atoms with van der Waals surface area (Å²) in [5.41, 5.74) is 9.38. The number of hydrogen-bond acceptors (Lipinski definition) is 9. The number of nitrogens with zero attached hydrogens (tertiary/aromatic N) is 8. The van der Waals surface area contributed by atoms with Crippen LogP contribution in [0.3, 0.4) is 0 Å². The zero-order chi connectivity index (χ0) is 43.4. The van der Waals surface area contributed by atoms with Crippen molar-refractivity contribution in [2.24, 2.45) is 0 Å². The lowest BCUT2D eigenvalue weighted by Gasteiger charge is -2.25. The lowest BCUT2D eigenvalue weighted by molar-refractivity contribution is 0.101. The van der Waals surface area contributed by atoms with Gasteiger partial charge in [-0.15, -0.1) is 0 Å². The van der Waals surface area contributed by atoms with Gasteiger partial charge in [0.05, 0.1) is 36.4 Å². The molecule has 2 N–H and O–H groups in total. The van der Waals surface area contributed by atoms with E-state index in [2.05, 4.69) is 49.7 Å². The molecule has 318 valence electrons. The maximum absolute atomic E-state index is 13.1. The van der Waals surface area contributed by atoms with E-state index < -0.39 is 5.95 Å². The highest BCUT2D eigenvalue weighted by Gasteiger charge is 2.27. The lowest BCUT2D eigenvalue weighted by atomic mass is 9.96. The molecule has 6 heterocycles. The van der Waals surface area contributed by atoms with Crippen LogP contribution in [0.2, 0.25) is 0 Å². The first-order chi connectivity index (χ1) is 31.4. The molecule has 0 aliphatic heterocycles. The van der Waals surface area contributed by atoms with Gasteiger partial charge >= 0.3 is 0 Å². The Labute approximate surface area is 368 Å². The summed E-state index contributed by atoms with van der Waals surface area (Å²) in [6, 6.07) is 30.4. The van der Waals surface area contributed by atoms with Crippen molar-refractivity contribution < 1.29 is 18.7 Å². The minimum atomic E-state index is -0.548. The molecule has 0 atom stereocenters. The first-order valence-electron chi connectivity index (χ1n) is 21.4. The van der Waals surface area contributed by atoms with Crippen LogP contribution in [0.5, 0.6) is 5.88 Å². The largest absolute Gasteiger partial charge is 0.474 e. The van der Waals surface area contributed by atoms with E-state index in [-0.39, 0.29) is 17.5 Å². The van der Waals surface area contributed by atoms with Crippen molar-refractivity contribution in [3.05, 3.63) is 164 Å². The Morgan fingerprint density at radius 2 is 1.08 bits per heavy atom. The number of halogens is 1. The smallest absolute Gasteiger partial charge is 0.274 e.